The maximum absolute atomic E-state index is 11.6. The molecule has 0 amide bonds. The molecule has 17 heavy (non-hydrogen) atoms. The summed E-state index contributed by atoms with van der Waals surface area (Å²) < 4.78 is 0. The van der Waals surface area contributed by atoms with Crippen molar-refractivity contribution in [3.05, 3.63) is 34.9 Å². The van der Waals surface area contributed by atoms with E-state index >= 15 is 0 Å². The Balaban J connectivity index is 2.45. The largest absolute Gasteiger partial charge is 0.480 e. The fourth-order valence-electron chi connectivity index (χ4n) is 2.46. The zero-order chi connectivity index (χ0) is 12.5. The van der Waals surface area contributed by atoms with Crippen LogP contribution in [0, 0.1) is 13.8 Å². The number of nitrogens with one attached hydrogen (secondary N) is 1. The van der Waals surface area contributed by atoms with E-state index in [0.29, 0.717) is 6.42 Å². The van der Waals surface area contributed by atoms with Crippen molar-refractivity contribution in [2.24, 2.45) is 0 Å². The Labute approximate surface area is 102 Å². The van der Waals surface area contributed by atoms with Crippen molar-refractivity contribution in [3.63, 3.8) is 0 Å². The van der Waals surface area contributed by atoms with Gasteiger partial charge in [0.2, 0.25) is 0 Å². The second kappa shape index (κ2) is 4.49. The lowest BCUT2D eigenvalue weighted by molar-refractivity contribution is -0.146. The van der Waals surface area contributed by atoms with E-state index in [1.807, 2.05) is 32.0 Å². The Morgan fingerprint density at radius 2 is 2.06 bits per heavy atom. The Hall–Kier alpha value is -1.35. The SMILES string of the molecule is Cc1ccc(C2(C(=O)O)CCCCN2)cc1C. The van der Waals surface area contributed by atoms with E-state index in [2.05, 4.69) is 5.32 Å². The Kier molecular flexibility index (Phi) is 3.20. The van der Waals surface area contributed by atoms with E-state index in [4.69, 9.17) is 0 Å². The minimum Gasteiger partial charge on any atom is -0.480 e. The van der Waals surface area contributed by atoms with Gasteiger partial charge in [-0.15, -0.1) is 0 Å². The lowest BCUT2D eigenvalue weighted by atomic mass is 9.81. The zero-order valence-electron chi connectivity index (χ0n) is 10.4. The van der Waals surface area contributed by atoms with Crippen LogP contribution in [0.2, 0.25) is 0 Å². The van der Waals surface area contributed by atoms with Crippen molar-refractivity contribution in [1.29, 1.82) is 0 Å². The summed E-state index contributed by atoms with van der Waals surface area (Å²) in [5.74, 6) is -0.763. The molecule has 1 atom stereocenters. The molecule has 0 aliphatic carbocycles. The van der Waals surface area contributed by atoms with E-state index in [1.165, 1.54) is 5.56 Å². The minimum atomic E-state index is -0.878. The highest BCUT2D eigenvalue weighted by molar-refractivity contribution is 5.81. The average Bonchev–Trinajstić information content (AvgIpc) is 2.33. The Bertz CT molecular complexity index is 434. The van der Waals surface area contributed by atoms with E-state index in [9.17, 15) is 9.90 Å². The van der Waals surface area contributed by atoms with Gasteiger partial charge in [-0.2, -0.15) is 0 Å². The molecule has 2 N–H and O–H groups in total. The highest BCUT2D eigenvalue weighted by atomic mass is 16.4. The summed E-state index contributed by atoms with van der Waals surface area (Å²) in [4.78, 5) is 11.6. The molecule has 0 aromatic heterocycles. The van der Waals surface area contributed by atoms with Crippen LogP contribution >= 0.6 is 0 Å². The number of benzene rings is 1. The molecule has 0 saturated carbocycles. The maximum Gasteiger partial charge on any atom is 0.328 e. The van der Waals surface area contributed by atoms with Crippen LogP contribution in [0.25, 0.3) is 0 Å². The maximum atomic E-state index is 11.6. The third-order valence-corrected chi connectivity index (χ3v) is 3.77. The molecule has 1 heterocycles. The van der Waals surface area contributed by atoms with E-state index in [1.54, 1.807) is 0 Å². The van der Waals surface area contributed by atoms with E-state index in [0.717, 1.165) is 30.5 Å². The summed E-state index contributed by atoms with van der Waals surface area (Å²) in [6.45, 7) is 4.84. The number of piperidine rings is 1. The van der Waals surface area contributed by atoms with E-state index < -0.39 is 11.5 Å². The second-order valence-electron chi connectivity index (χ2n) is 4.89. The molecular formula is C14H19NO2. The van der Waals surface area contributed by atoms with Crippen LogP contribution in [0.4, 0.5) is 0 Å². The molecule has 3 nitrogen and oxygen atoms in total. The first-order valence-electron chi connectivity index (χ1n) is 6.12. The number of hydrogen-bond acceptors (Lipinski definition) is 2. The molecule has 0 bridgehead atoms. The molecule has 2 rings (SSSR count). The number of aryl methyl sites for hydroxylation is 2. The van der Waals surface area contributed by atoms with Crippen LogP contribution in [0.3, 0.4) is 0 Å². The third-order valence-electron chi connectivity index (χ3n) is 3.77. The van der Waals surface area contributed by atoms with Gasteiger partial charge in [0.15, 0.2) is 0 Å². The molecule has 1 saturated heterocycles. The summed E-state index contributed by atoms with van der Waals surface area (Å²) in [7, 11) is 0. The Morgan fingerprint density at radius 1 is 1.29 bits per heavy atom. The van der Waals surface area contributed by atoms with Crippen LogP contribution in [-0.2, 0) is 10.3 Å². The van der Waals surface area contributed by atoms with Gasteiger partial charge in [0, 0.05) is 0 Å². The minimum absolute atomic E-state index is 0.671. The molecule has 1 unspecified atom stereocenters. The third kappa shape index (κ3) is 2.07. The van der Waals surface area contributed by atoms with Crippen molar-refractivity contribution in [2.45, 2.75) is 38.6 Å². The fraction of sp³-hybridized carbons (Fsp3) is 0.500. The van der Waals surface area contributed by atoms with Gasteiger partial charge in [0.1, 0.15) is 5.54 Å². The Morgan fingerprint density at radius 3 is 2.59 bits per heavy atom. The molecule has 1 aromatic carbocycles. The van der Waals surface area contributed by atoms with E-state index in [-0.39, 0.29) is 0 Å². The van der Waals surface area contributed by atoms with Crippen LogP contribution in [0.15, 0.2) is 18.2 Å². The van der Waals surface area contributed by atoms with Crippen molar-refractivity contribution in [3.8, 4) is 0 Å². The summed E-state index contributed by atoms with van der Waals surface area (Å²) in [6, 6.07) is 5.95. The van der Waals surface area contributed by atoms with Crippen molar-refractivity contribution in [1.82, 2.24) is 5.32 Å². The van der Waals surface area contributed by atoms with Gasteiger partial charge in [-0.1, -0.05) is 18.2 Å². The highest BCUT2D eigenvalue weighted by Crippen LogP contribution is 2.31. The highest BCUT2D eigenvalue weighted by Gasteiger charge is 2.41. The molecular weight excluding hydrogens is 214 g/mol. The van der Waals surface area contributed by atoms with Crippen LogP contribution in [0.1, 0.15) is 36.0 Å². The quantitative estimate of drug-likeness (QED) is 0.824. The first-order chi connectivity index (χ1) is 8.06. The number of aliphatic carboxylic acids is 1. The summed E-state index contributed by atoms with van der Waals surface area (Å²) in [5.41, 5.74) is 2.35. The van der Waals surface area contributed by atoms with Gasteiger partial charge in [-0.3, -0.25) is 5.32 Å². The number of carbonyl (C=O) groups is 1. The standard InChI is InChI=1S/C14H19NO2/c1-10-5-6-12(9-11(10)2)14(13(16)17)7-3-4-8-15-14/h5-6,9,15H,3-4,7-8H2,1-2H3,(H,16,17). The summed E-state index contributed by atoms with van der Waals surface area (Å²) in [5, 5.41) is 12.7. The molecule has 1 aromatic rings. The predicted molar refractivity (Wildman–Crippen MR) is 67.1 cm³/mol. The van der Waals surface area contributed by atoms with Gasteiger partial charge in [0.05, 0.1) is 0 Å². The summed E-state index contributed by atoms with van der Waals surface area (Å²) in [6.07, 6.45) is 2.69. The molecule has 1 fully saturated rings. The molecule has 92 valence electrons. The second-order valence-corrected chi connectivity index (χ2v) is 4.89. The molecule has 1 aliphatic heterocycles. The number of rotatable bonds is 2. The van der Waals surface area contributed by atoms with Crippen molar-refractivity contribution >= 4 is 5.97 Å². The first kappa shape index (κ1) is 12.1. The topological polar surface area (TPSA) is 49.3 Å². The zero-order valence-corrected chi connectivity index (χ0v) is 10.4. The van der Waals surface area contributed by atoms with Gasteiger partial charge in [-0.25, -0.2) is 4.79 Å². The van der Waals surface area contributed by atoms with Crippen LogP contribution in [-0.4, -0.2) is 17.6 Å². The fourth-order valence-corrected chi connectivity index (χ4v) is 2.46. The van der Waals surface area contributed by atoms with Gasteiger partial charge in [0.25, 0.3) is 0 Å². The first-order valence-corrected chi connectivity index (χ1v) is 6.12. The van der Waals surface area contributed by atoms with Crippen LogP contribution in [0.5, 0.6) is 0 Å². The predicted octanol–water partition coefficient (Wildman–Crippen LogP) is 2.36. The van der Waals surface area contributed by atoms with Gasteiger partial charge < -0.3 is 5.11 Å². The summed E-state index contributed by atoms with van der Waals surface area (Å²) >= 11 is 0. The van der Waals surface area contributed by atoms with Crippen LogP contribution < -0.4 is 5.32 Å². The van der Waals surface area contributed by atoms with Gasteiger partial charge >= 0.3 is 5.97 Å². The smallest absolute Gasteiger partial charge is 0.328 e. The average molecular weight is 233 g/mol. The molecule has 0 spiro atoms. The normalized spacial score (nSPS) is 24.6. The molecule has 1 aliphatic rings. The van der Waals surface area contributed by atoms with Crippen molar-refractivity contribution < 1.29 is 9.90 Å². The molecule has 3 heteroatoms. The van der Waals surface area contributed by atoms with Gasteiger partial charge in [-0.05, 0) is 56.3 Å². The number of carboxylic acid groups (broad SMARTS) is 1. The monoisotopic (exact) mass is 233 g/mol. The number of carboxylic acids is 1. The lowest BCUT2D eigenvalue weighted by Gasteiger charge is -2.35. The lowest BCUT2D eigenvalue weighted by Crippen LogP contribution is -2.51. The number of hydrogen-bond donors (Lipinski definition) is 2. The van der Waals surface area contributed by atoms with Crippen molar-refractivity contribution in [2.75, 3.05) is 6.54 Å². The molecule has 0 radical (unpaired) electrons.